The van der Waals surface area contributed by atoms with E-state index in [2.05, 4.69) is 37.3 Å². The van der Waals surface area contributed by atoms with Crippen LogP contribution in [0.15, 0.2) is 29.0 Å². The van der Waals surface area contributed by atoms with Gasteiger partial charge in [0, 0.05) is 17.3 Å². The Morgan fingerprint density at radius 1 is 1.26 bits per heavy atom. The highest BCUT2D eigenvalue weighted by molar-refractivity contribution is 9.10. The number of piperidine rings is 1. The molecule has 2 unspecified atom stereocenters. The highest BCUT2D eigenvalue weighted by Crippen LogP contribution is 2.34. The molecule has 3 heterocycles. The molecule has 2 saturated heterocycles. The van der Waals surface area contributed by atoms with Gasteiger partial charge >= 0.3 is 6.09 Å². The molecule has 1 aromatic heterocycles. The molecule has 2 aliphatic rings. The lowest BCUT2D eigenvalue weighted by molar-refractivity contribution is -0.0998. The highest BCUT2D eigenvalue weighted by atomic mass is 79.9. The number of ether oxygens (including phenoxy) is 3. The Kier molecular flexibility index (Phi) is 6.96. The van der Waals surface area contributed by atoms with Crippen molar-refractivity contribution in [2.75, 3.05) is 18.5 Å². The van der Waals surface area contributed by atoms with Gasteiger partial charge in [-0.3, -0.25) is 4.90 Å². The molecule has 1 N–H and O–H groups in total. The average molecular weight is 530 g/mol. The topological polar surface area (TPSA) is 110 Å². The van der Waals surface area contributed by atoms with Crippen LogP contribution in [0.1, 0.15) is 44.7 Å². The fourth-order valence-corrected chi connectivity index (χ4v) is 4.70. The molecule has 0 aliphatic carbocycles. The lowest BCUT2D eigenvalue weighted by Crippen LogP contribution is -2.61. The summed E-state index contributed by atoms with van der Waals surface area (Å²) in [4.78, 5) is 23.3. The number of carbonyl (C=O) groups is 1. The van der Waals surface area contributed by atoms with Gasteiger partial charge in [0.2, 0.25) is 5.88 Å². The molecule has 9 nitrogen and oxygen atoms in total. The number of anilines is 2. The van der Waals surface area contributed by atoms with Crippen LogP contribution < -0.4 is 10.1 Å². The second-order valence-electron chi connectivity index (χ2n) is 9.53. The van der Waals surface area contributed by atoms with Crippen LogP contribution in [-0.4, -0.2) is 58.0 Å². The summed E-state index contributed by atoms with van der Waals surface area (Å²) >= 11 is 3.49. The normalized spacial score (nSPS) is 22.0. The molecule has 1 amide bonds. The van der Waals surface area contributed by atoms with E-state index >= 15 is 0 Å². The molecule has 0 radical (unpaired) electrons. The number of hydrogen-bond donors (Lipinski definition) is 1. The quantitative estimate of drug-likeness (QED) is 0.606. The van der Waals surface area contributed by atoms with Crippen molar-refractivity contribution in [1.82, 2.24) is 14.9 Å². The molecule has 34 heavy (non-hydrogen) atoms. The third-order valence-corrected chi connectivity index (χ3v) is 6.40. The molecular formula is C24H28BrN5O4. The summed E-state index contributed by atoms with van der Waals surface area (Å²) in [6.45, 7) is 8.41. The average Bonchev–Trinajstić information content (AvgIpc) is 2.76. The van der Waals surface area contributed by atoms with Gasteiger partial charge in [0.15, 0.2) is 0 Å². The van der Waals surface area contributed by atoms with Crippen molar-refractivity contribution in [3.05, 3.63) is 40.1 Å². The first-order chi connectivity index (χ1) is 16.1. The standard InChI is InChI=1S/C24H28BrN5O4/c1-14-21(29-20-6-5-15(10-26)7-19(20)25)27-13-28-22(14)33-18-8-16-11-32-12-17(9-18)30(16)23(31)34-24(2,3)4/h5-7,13,16-18H,8-9,11-12H2,1-4H3,(H,27,28,29). The van der Waals surface area contributed by atoms with E-state index in [0.29, 0.717) is 43.3 Å². The molecule has 4 rings (SSSR count). The Balaban J connectivity index is 1.47. The number of rotatable bonds is 4. The van der Waals surface area contributed by atoms with Crippen molar-refractivity contribution in [2.24, 2.45) is 0 Å². The molecule has 0 saturated carbocycles. The third kappa shape index (κ3) is 5.42. The number of hydrogen-bond acceptors (Lipinski definition) is 8. The Bertz CT molecular complexity index is 1100. The minimum Gasteiger partial charge on any atom is -0.474 e. The number of halogens is 1. The van der Waals surface area contributed by atoms with Gasteiger partial charge in [0.25, 0.3) is 0 Å². The first kappa shape index (κ1) is 24.2. The molecule has 1 aromatic carbocycles. The monoisotopic (exact) mass is 529 g/mol. The summed E-state index contributed by atoms with van der Waals surface area (Å²) in [5, 5.41) is 12.3. The van der Waals surface area contributed by atoms with Crippen LogP contribution in [0, 0.1) is 18.3 Å². The van der Waals surface area contributed by atoms with Crippen molar-refractivity contribution in [1.29, 1.82) is 5.26 Å². The maximum atomic E-state index is 12.8. The Morgan fingerprint density at radius 2 is 1.97 bits per heavy atom. The number of nitrogens with zero attached hydrogens (tertiary/aromatic N) is 4. The maximum Gasteiger partial charge on any atom is 0.410 e. The van der Waals surface area contributed by atoms with Crippen LogP contribution in [0.3, 0.4) is 0 Å². The zero-order valence-corrected chi connectivity index (χ0v) is 21.3. The number of benzene rings is 1. The Morgan fingerprint density at radius 3 is 2.59 bits per heavy atom. The number of fused-ring (bicyclic) bond motifs is 2. The van der Waals surface area contributed by atoms with E-state index in [0.717, 1.165) is 15.7 Å². The Hall–Kier alpha value is -2.90. The first-order valence-corrected chi connectivity index (χ1v) is 12.0. The zero-order valence-electron chi connectivity index (χ0n) is 19.7. The van der Waals surface area contributed by atoms with E-state index in [9.17, 15) is 4.79 Å². The van der Waals surface area contributed by atoms with Gasteiger partial charge in [0.1, 0.15) is 23.9 Å². The summed E-state index contributed by atoms with van der Waals surface area (Å²) in [6.07, 6.45) is 2.30. The van der Waals surface area contributed by atoms with Gasteiger partial charge < -0.3 is 19.5 Å². The van der Waals surface area contributed by atoms with Gasteiger partial charge in [-0.05, 0) is 61.8 Å². The maximum absolute atomic E-state index is 12.8. The fourth-order valence-electron chi connectivity index (χ4n) is 4.22. The second kappa shape index (κ2) is 9.76. The first-order valence-electron chi connectivity index (χ1n) is 11.2. The van der Waals surface area contributed by atoms with Gasteiger partial charge in [-0.15, -0.1) is 0 Å². The number of nitrogens with one attached hydrogen (secondary N) is 1. The summed E-state index contributed by atoms with van der Waals surface area (Å²) in [7, 11) is 0. The van der Waals surface area contributed by atoms with E-state index in [1.165, 1.54) is 6.33 Å². The minimum atomic E-state index is -0.551. The summed E-state index contributed by atoms with van der Waals surface area (Å²) in [5.74, 6) is 1.11. The van der Waals surface area contributed by atoms with Crippen molar-refractivity contribution in [2.45, 2.75) is 64.3 Å². The summed E-state index contributed by atoms with van der Waals surface area (Å²) in [6, 6.07) is 7.20. The smallest absolute Gasteiger partial charge is 0.410 e. The SMILES string of the molecule is Cc1c(Nc2ccc(C#N)cc2Br)ncnc1OC1CC2COCC(C1)N2C(=O)OC(C)(C)C. The molecule has 2 aliphatic heterocycles. The number of carbonyl (C=O) groups excluding carboxylic acids is 1. The van der Waals surface area contributed by atoms with Crippen LogP contribution in [0.4, 0.5) is 16.3 Å². The number of amides is 1. The number of nitriles is 1. The molecule has 180 valence electrons. The van der Waals surface area contributed by atoms with E-state index < -0.39 is 5.60 Å². The van der Waals surface area contributed by atoms with Crippen molar-refractivity contribution in [3.63, 3.8) is 0 Å². The van der Waals surface area contributed by atoms with E-state index in [1.807, 2.05) is 38.7 Å². The molecular weight excluding hydrogens is 502 g/mol. The van der Waals surface area contributed by atoms with Gasteiger partial charge in [-0.25, -0.2) is 14.8 Å². The van der Waals surface area contributed by atoms with Crippen molar-refractivity contribution >= 4 is 33.5 Å². The van der Waals surface area contributed by atoms with Crippen LogP contribution in [0.25, 0.3) is 0 Å². The number of morpholine rings is 1. The predicted molar refractivity (Wildman–Crippen MR) is 129 cm³/mol. The van der Waals surface area contributed by atoms with Gasteiger partial charge in [-0.2, -0.15) is 5.26 Å². The largest absolute Gasteiger partial charge is 0.474 e. The van der Waals surface area contributed by atoms with E-state index in [4.69, 9.17) is 19.5 Å². The van der Waals surface area contributed by atoms with Crippen molar-refractivity contribution in [3.8, 4) is 11.9 Å². The highest BCUT2D eigenvalue weighted by Gasteiger charge is 2.44. The lowest BCUT2D eigenvalue weighted by Gasteiger charge is -2.47. The third-order valence-electron chi connectivity index (χ3n) is 5.75. The predicted octanol–water partition coefficient (Wildman–Crippen LogP) is 4.71. The van der Waals surface area contributed by atoms with Crippen LogP contribution in [0.5, 0.6) is 5.88 Å². The minimum absolute atomic E-state index is 0.110. The van der Waals surface area contributed by atoms with E-state index in [1.54, 1.807) is 12.1 Å². The summed E-state index contributed by atoms with van der Waals surface area (Å²) < 4.78 is 18.4. The lowest BCUT2D eigenvalue weighted by atomic mass is 9.92. The molecule has 10 heteroatoms. The molecule has 2 fully saturated rings. The molecule has 2 atom stereocenters. The Labute approximate surface area is 207 Å². The molecule has 2 bridgehead atoms. The summed E-state index contributed by atoms with van der Waals surface area (Å²) in [5.41, 5.74) is 1.57. The zero-order chi connectivity index (χ0) is 24.5. The molecule has 0 spiro atoms. The van der Waals surface area contributed by atoms with Crippen LogP contribution in [-0.2, 0) is 9.47 Å². The molecule has 2 aromatic rings. The second-order valence-corrected chi connectivity index (χ2v) is 10.4. The van der Waals surface area contributed by atoms with E-state index in [-0.39, 0.29) is 24.3 Å². The van der Waals surface area contributed by atoms with Crippen LogP contribution >= 0.6 is 15.9 Å². The number of aromatic nitrogens is 2. The van der Waals surface area contributed by atoms with Gasteiger partial charge in [-0.1, -0.05) is 0 Å². The van der Waals surface area contributed by atoms with Crippen molar-refractivity contribution < 1.29 is 19.0 Å². The van der Waals surface area contributed by atoms with Gasteiger partial charge in [0.05, 0.1) is 48.2 Å². The fraction of sp³-hybridized carbons (Fsp3) is 0.500. The van der Waals surface area contributed by atoms with Crippen LogP contribution in [0.2, 0.25) is 0 Å².